The molecule has 0 fully saturated rings. The maximum absolute atomic E-state index is 13.4. The smallest absolute Gasteiger partial charge is 0.418 e. The largest absolute Gasteiger partial charge is 0.481 e. The Morgan fingerprint density at radius 3 is 2.15 bits per heavy atom. The van der Waals surface area contributed by atoms with Crippen molar-refractivity contribution in [3.63, 3.8) is 0 Å². The zero-order valence-electron chi connectivity index (χ0n) is 19.6. The third-order valence-corrected chi connectivity index (χ3v) is 6.14. The Hall–Kier alpha value is -3.24. The molecule has 1 heterocycles. The van der Waals surface area contributed by atoms with Crippen LogP contribution in [0.1, 0.15) is 48.9 Å². The molecule has 1 aromatic carbocycles. The maximum Gasteiger partial charge on any atom is 0.418 e. The number of benzene rings is 1. The molecular weight excluding hydrogens is 460 g/mol. The van der Waals surface area contributed by atoms with Crippen molar-refractivity contribution in [3.05, 3.63) is 57.8 Å². The topological polar surface area (TPSA) is 147 Å². The number of imide groups is 1. The minimum absolute atomic E-state index is 0.152. The molecule has 1 aromatic heterocycles. The summed E-state index contributed by atoms with van der Waals surface area (Å²) >= 11 is 1.13. The summed E-state index contributed by atoms with van der Waals surface area (Å²) in [5, 5.41) is 19.7. The van der Waals surface area contributed by atoms with Gasteiger partial charge in [-0.1, -0.05) is 51.1 Å². The van der Waals surface area contributed by atoms with Gasteiger partial charge in [0.15, 0.2) is 5.54 Å². The van der Waals surface area contributed by atoms with Crippen LogP contribution in [0.25, 0.3) is 0 Å². The average molecular weight is 491 g/mol. The molecule has 2 atom stereocenters. The van der Waals surface area contributed by atoms with Crippen molar-refractivity contribution in [1.82, 2.24) is 4.90 Å². The summed E-state index contributed by atoms with van der Waals surface area (Å²) < 4.78 is 5.37. The summed E-state index contributed by atoms with van der Waals surface area (Å²) in [7, 11) is 0. The van der Waals surface area contributed by atoms with E-state index in [0.717, 1.165) is 16.2 Å². The summed E-state index contributed by atoms with van der Waals surface area (Å²) in [4.78, 5) is 52.5. The van der Waals surface area contributed by atoms with Crippen molar-refractivity contribution < 1.29 is 34.1 Å². The molecule has 2 amide bonds. The number of rotatable bonds is 9. The van der Waals surface area contributed by atoms with Crippen LogP contribution in [-0.4, -0.2) is 45.1 Å². The van der Waals surface area contributed by atoms with E-state index >= 15 is 0 Å². The van der Waals surface area contributed by atoms with Crippen molar-refractivity contribution in [1.29, 1.82) is 0 Å². The fourth-order valence-electron chi connectivity index (χ4n) is 3.64. The van der Waals surface area contributed by atoms with E-state index in [1.54, 1.807) is 70.2 Å². The molecule has 0 aliphatic rings. The minimum Gasteiger partial charge on any atom is -0.481 e. The fourth-order valence-corrected chi connectivity index (χ4v) is 4.68. The second-order valence-corrected chi connectivity index (χ2v) is 10.5. The van der Waals surface area contributed by atoms with Crippen molar-refractivity contribution in [2.75, 3.05) is 0 Å². The van der Waals surface area contributed by atoms with Gasteiger partial charge in [0, 0.05) is 9.75 Å². The monoisotopic (exact) mass is 490 g/mol. The lowest BCUT2D eigenvalue weighted by molar-refractivity contribution is -0.161. The van der Waals surface area contributed by atoms with Crippen LogP contribution in [0.5, 0.6) is 0 Å². The van der Waals surface area contributed by atoms with E-state index in [1.165, 1.54) is 0 Å². The van der Waals surface area contributed by atoms with Gasteiger partial charge in [-0.05, 0) is 36.5 Å². The molecule has 4 N–H and O–H groups in total. The third kappa shape index (κ3) is 6.42. The van der Waals surface area contributed by atoms with Gasteiger partial charge >= 0.3 is 18.0 Å². The number of hydrogen-bond acceptors (Lipinski definition) is 7. The summed E-state index contributed by atoms with van der Waals surface area (Å²) in [5.74, 6) is -3.95. The minimum atomic E-state index is -2.15. The summed E-state index contributed by atoms with van der Waals surface area (Å²) in [5.41, 5.74) is 3.65. The van der Waals surface area contributed by atoms with Crippen LogP contribution >= 0.6 is 11.3 Å². The number of thiophene rings is 1. The number of ether oxygens (including phenoxy) is 1. The predicted molar refractivity (Wildman–Crippen MR) is 126 cm³/mol. The molecular formula is C24H30N2O7S. The van der Waals surface area contributed by atoms with Gasteiger partial charge in [0.2, 0.25) is 0 Å². The number of nitrogens with zero attached hydrogens (tertiary/aromatic N) is 1. The predicted octanol–water partition coefficient (Wildman–Crippen LogP) is 3.74. The molecule has 34 heavy (non-hydrogen) atoms. The molecule has 9 nitrogen and oxygen atoms in total. The van der Waals surface area contributed by atoms with E-state index in [2.05, 4.69) is 0 Å². The number of carbonyl (C=O) groups excluding carboxylic acids is 2. The normalized spacial score (nSPS) is 14.0. The van der Waals surface area contributed by atoms with E-state index in [4.69, 9.17) is 15.6 Å². The van der Waals surface area contributed by atoms with Gasteiger partial charge in [0.05, 0.1) is 12.5 Å². The Morgan fingerprint density at radius 1 is 1.06 bits per heavy atom. The first-order valence-electron chi connectivity index (χ1n) is 10.6. The molecule has 0 saturated carbocycles. The molecule has 0 aliphatic heterocycles. The molecule has 0 unspecified atom stereocenters. The molecule has 0 spiro atoms. The van der Waals surface area contributed by atoms with Gasteiger partial charge in [0.25, 0.3) is 5.91 Å². The van der Waals surface area contributed by atoms with Gasteiger partial charge in [-0.3, -0.25) is 9.59 Å². The maximum atomic E-state index is 13.4. The van der Waals surface area contributed by atoms with Crippen LogP contribution in [0, 0.1) is 12.3 Å². The summed E-state index contributed by atoms with van der Waals surface area (Å²) in [6, 6.07) is 10.3. The van der Waals surface area contributed by atoms with Crippen LogP contribution in [0.3, 0.4) is 0 Å². The first-order chi connectivity index (χ1) is 15.8. The lowest BCUT2D eigenvalue weighted by Gasteiger charge is -2.42. The summed E-state index contributed by atoms with van der Waals surface area (Å²) in [6.07, 6.45) is -2.15. The molecule has 184 valence electrons. The van der Waals surface area contributed by atoms with E-state index in [9.17, 15) is 24.3 Å². The van der Waals surface area contributed by atoms with Crippen LogP contribution < -0.4 is 5.73 Å². The number of amides is 2. The molecule has 0 radical (unpaired) electrons. The highest BCUT2D eigenvalue weighted by Crippen LogP contribution is 2.43. The number of aliphatic carboxylic acids is 2. The Bertz CT molecular complexity index is 1050. The quantitative estimate of drug-likeness (QED) is 0.482. The standard InChI is InChI=1S/C24H30N2O7S/c1-15-10-11-18(34-15)24(21(30)31,14-23(2,3)4)26(20(29)17(25)12-19(27)28)22(32)33-13-16-8-6-5-7-9-16/h5-11,17H,12-14,25H2,1-4H3,(H,27,28)(H,30,31)/t17-,24+/m0/s1. The highest BCUT2D eigenvalue weighted by atomic mass is 32.1. The Morgan fingerprint density at radius 2 is 1.68 bits per heavy atom. The van der Waals surface area contributed by atoms with Crippen LogP contribution in [0.2, 0.25) is 0 Å². The first kappa shape index (κ1) is 27.0. The number of carbonyl (C=O) groups is 4. The lowest BCUT2D eigenvalue weighted by Crippen LogP contribution is -2.61. The number of nitrogens with two attached hydrogens (primary N) is 1. The lowest BCUT2D eigenvalue weighted by atomic mass is 9.77. The van der Waals surface area contributed by atoms with Gasteiger partial charge < -0.3 is 20.7 Å². The number of hydrogen-bond donors (Lipinski definition) is 3. The number of aryl methyl sites for hydroxylation is 1. The summed E-state index contributed by atoms with van der Waals surface area (Å²) in [6.45, 7) is 6.89. The SMILES string of the molecule is Cc1ccc([C@](CC(C)(C)C)(C(=O)O)N(C(=O)OCc2ccccc2)C(=O)[C@@H](N)CC(=O)O)s1. The number of carboxylic acid groups (broad SMARTS) is 2. The van der Waals surface area contributed by atoms with Crippen LogP contribution in [0.15, 0.2) is 42.5 Å². The fraction of sp³-hybridized carbons (Fsp3) is 0.417. The Labute approximate surface area is 202 Å². The van der Waals surface area contributed by atoms with E-state index in [0.29, 0.717) is 10.5 Å². The third-order valence-electron chi connectivity index (χ3n) is 4.99. The highest BCUT2D eigenvalue weighted by molar-refractivity contribution is 7.12. The zero-order chi connectivity index (χ0) is 25.7. The van der Waals surface area contributed by atoms with Crippen molar-refractivity contribution in [2.24, 2.45) is 11.1 Å². The van der Waals surface area contributed by atoms with E-state index in [-0.39, 0.29) is 17.9 Å². The van der Waals surface area contributed by atoms with Crippen molar-refractivity contribution in [3.8, 4) is 0 Å². The van der Waals surface area contributed by atoms with Crippen LogP contribution in [-0.2, 0) is 31.3 Å². The van der Waals surface area contributed by atoms with E-state index in [1.807, 2.05) is 0 Å². The van der Waals surface area contributed by atoms with Gasteiger partial charge in [0.1, 0.15) is 6.61 Å². The Balaban J connectivity index is 2.66. The second kappa shape index (κ2) is 10.8. The molecule has 2 rings (SSSR count). The molecule has 0 bridgehead atoms. The van der Waals surface area contributed by atoms with Gasteiger partial charge in [-0.15, -0.1) is 11.3 Å². The average Bonchev–Trinajstić information content (AvgIpc) is 3.17. The van der Waals surface area contributed by atoms with Gasteiger partial charge in [-0.2, -0.15) is 0 Å². The second-order valence-electron chi connectivity index (χ2n) is 9.23. The van der Waals surface area contributed by atoms with Gasteiger partial charge in [-0.25, -0.2) is 14.5 Å². The van der Waals surface area contributed by atoms with Crippen molar-refractivity contribution in [2.45, 2.75) is 58.7 Å². The number of carboxylic acids is 2. The van der Waals surface area contributed by atoms with Crippen LogP contribution in [0.4, 0.5) is 4.79 Å². The Kier molecular flexibility index (Phi) is 8.57. The molecule has 10 heteroatoms. The van der Waals surface area contributed by atoms with Crippen molar-refractivity contribution >= 4 is 35.3 Å². The highest BCUT2D eigenvalue weighted by Gasteiger charge is 2.55. The van der Waals surface area contributed by atoms with E-state index < -0.39 is 47.4 Å². The molecule has 2 aromatic rings. The zero-order valence-corrected chi connectivity index (χ0v) is 20.4. The molecule has 0 saturated heterocycles. The molecule has 0 aliphatic carbocycles. The first-order valence-corrected chi connectivity index (χ1v) is 11.4.